The van der Waals surface area contributed by atoms with Crippen LogP contribution in [0.5, 0.6) is 0 Å². The van der Waals surface area contributed by atoms with Gasteiger partial charge in [0.15, 0.2) is 0 Å². The third kappa shape index (κ3) is 6.04. The predicted octanol–water partition coefficient (Wildman–Crippen LogP) is -1.30. The molecule has 10 heteroatoms. The van der Waals surface area contributed by atoms with Crippen LogP contribution in [-0.4, -0.2) is 85.0 Å². The van der Waals surface area contributed by atoms with E-state index in [1.54, 1.807) is 0 Å². The van der Waals surface area contributed by atoms with E-state index >= 15 is 0 Å². The summed E-state index contributed by atoms with van der Waals surface area (Å²) in [6, 6.07) is 1.85. The summed E-state index contributed by atoms with van der Waals surface area (Å²) in [6.07, 6.45) is 1.32. The number of imide groups is 1. The highest BCUT2D eigenvalue weighted by atomic mass is 32.2. The molecule has 2 fully saturated rings. The van der Waals surface area contributed by atoms with E-state index < -0.39 is 5.91 Å². The van der Waals surface area contributed by atoms with E-state index in [-0.39, 0.29) is 35.6 Å². The van der Waals surface area contributed by atoms with Crippen LogP contribution in [0.3, 0.4) is 0 Å². The lowest BCUT2D eigenvalue weighted by Gasteiger charge is -2.27. The monoisotopic (exact) mass is 366 g/mol. The van der Waals surface area contributed by atoms with Crippen LogP contribution in [0.25, 0.3) is 0 Å². The van der Waals surface area contributed by atoms with Crippen LogP contribution in [0.2, 0.25) is 0 Å². The minimum atomic E-state index is -0.436. The Morgan fingerprint density at radius 2 is 2.04 bits per heavy atom. The molecule has 0 spiro atoms. The first-order valence-electron chi connectivity index (χ1n) is 8.14. The van der Waals surface area contributed by atoms with Gasteiger partial charge in [0.1, 0.15) is 11.6 Å². The van der Waals surface area contributed by atoms with Crippen molar-refractivity contribution in [3.05, 3.63) is 11.8 Å². The highest BCUT2D eigenvalue weighted by molar-refractivity contribution is 8.14. The highest BCUT2D eigenvalue weighted by Gasteiger charge is 2.28. The lowest BCUT2D eigenvalue weighted by molar-refractivity contribution is -0.124. The number of amides is 3. The zero-order valence-electron chi connectivity index (χ0n) is 13.9. The van der Waals surface area contributed by atoms with Crippen LogP contribution < -0.4 is 16.0 Å². The number of carbonyl (C=O) groups excluding carboxylic acids is 3. The SMILES string of the molecule is N#C/C(=C/NCCN1C(=O)CSC1=O)C(=O)NCCN1CCNCC1. The molecule has 0 bridgehead atoms. The maximum atomic E-state index is 12.0. The summed E-state index contributed by atoms with van der Waals surface area (Å²) in [4.78, 5) is 38.2. The largest absolute Gasteiger partial charge is 0.388 e. The molecule has 0 aromatic heterocycles. The molecule has 0 aliphatic carbocycles. The van der Waals surface area contributed by atoms with Crippen LogP contribution in [0, 0.1) is 11.3 Å². The average molecular weight is 366 g/mol. The van der Waals surface area contributed by atoms with Crippen molar-refractivity contribution in [3.63, 3.8) is 0 Å². The van der Waals surface area contributed by atoms with Crippen molar-refractivity contribution in [2.45, 2.75) is 0 Å². The lowest BCUT2D eigenvalue weighted by atomic mass is 10.3. The molecule has 0 atom stereocenters. The number of thioether (sulfide) groups is 1. The fourth-order valence-electron chi connectivity index (χ4n) is 2.45. The number of hydrogen-bond donors (Lipinski definition) is 3. The zero-order valence-corrected chi connectivity index (χ0v) is 14.7. The molecule has 2 aliphatic heterocycles. The van der Waals surface area contributed by atoms with E-state index in [4.69, 9.17) is 5.26 Å². The van der Waals surface area contributed by atoms with Gasteiger partial charge >= 0.3 is 0 Å². The molecule has 0 unspecified atom stereocenters. The van der Waals surface area contributed by atoms with Crippen LogP contribution in [-0.2, 0) is 9.59 Å². The fraction of sp³-hybridized carbons (Fsp3) is 0.600. The molecular formula is C15H22N6O3S. The molecule has 0 radical (unpaired) electrons. The first-order chi connectivity index (χ1) is 12.1. The third-order valence-corrected chi connectivity index (χ3v) is 4.71. The van der Waals surface area contributed by atoms with Gasteiger partial charge in [0.25, 0.3) is 11.1 Å². The molecule has 9 nitrogen and oxygen atoms in total. The molecule has 0 saturated carbocycles. The average Bonchev–Trinajstić information content (AvgIpc) is 2.94. The van der Waals surface area contributed by atoms with Crippen molar-refractivity contribution in [1.82, 2.24) is 25.8 Å². The van der Waals surface area contributed by atoms with Gasteiger partial charge in [0.05, 0.1) is 5.75 Å². The standard InChI is InChI=1S/C15H22N6O3S/c16-9-12(10-18-3-8-21-13(22)11-25-15(21)24)14(23)19-4-7-20-5-1-17-2-6-20/h10,17-18H,1-8,11H2,(H,19,23)/b12-10-. The van der Waals surface area contributed by atoms with Gasteiger partial charge in [0.2, 0.25) is 5.91 Å². The number of piperazine rings is 1. The third-order valence-electron chi connectivity index (χ3n) is 3.85. The summed E-state index contributed by atoms with van der Waals surface area (Å²) in [5.74, 6) is -0.478. The number of carbonyl (C=O) groups is 3. The fourth-order valence-corrected chi connectivity index (χ4v) is 3.21. The topological polar surface area (TPSA) is 118 Å². The second-order valence-electron chi connectivity index (χ2n) is 5.57. The van der Waals surface area contributed by atoms with Gasteiger partial charge in [-0.3, -0.25) is 24.2 Å². The Kier molecular flexibility index (Phi) is 7.72. The van der Waals surface area contributed by atoms with Gasteiger partial charge in [-0.05, 0) is 0 Å². The summed E-state index contributed by atoms with van der Waals surface area (Å²) >= 11 is 0.978. The lowest BCUT2D eigenvalue weighted by Crippen LogP contribution is -2.46. The van der Waals surface area contributed by atoms with E-state index in [0.717, 1.165) is 49.4 Å². The molecule has 0 aromatic rings. The van der Waals surface area contributed by atoms with Gasteiger partial charge < -0.3 is 16.0 Å². The minimum absolute atomic E-state index is 0.0336. The molecular weight excluding hydrogens is 344 g/mol. The molecule has 3 N–H and O–H groups in total. The number of nitrogens with one attached hydrogen (secondary N) is 3. The molecule has 2 heterocycles. The van der Waals surface area contributed by atoms with Crippen molar-refractivity contribution >= 4 is 28.8 Å². The van der Waals surface area contributed by atoms with Crippen molar-refractivity contribution in [2.24, 2.45) is 0 Å². The van der Waals surface area contributed by atoms with E-state index in [1.165, 1.54) is 6.20 Å². The number of nitrogens with zero attached hydrogens (tertiary/aromatic N) is 3. The second kappa shape index (κ2) is 10.0. The highest BCUT2D eigenvalue weighted by Crippen LogP contribution is 2.17. The minimum Gasteiger partial charge on any atom is -0.388 e. The maximum absolute atomic E-state index is 12.0. The van der Waals surface area contributed by atoms with Gasteiger partial charge in [-0.15, -0.1) is 0 Å². The van der Waals surface area contributed by atoms with E-state index in [9.17, 15) is 14.4 Å². The van der Waals surface area contributed by atoms with E-state index in [1.807, 2.05) is 6.07 Å². The summed E-state index contributed by atoms with van der Waals surface area (Å²) in [5, 5.41) is 17.6. The summed E-state index contributed by atoms with van der Waals surface area (Å²) in [7, 11) is 0. The van der Waals surface area contributed by atoms with Crippen LogP contribution in [0.1, 0.15) is 0 Å². The zero-order chi connectivity index (χ0) is 18.1. The molecule has 2 aliphatic rings. The summed E-state index contributed by atoms with van der Waals surface area (Å²) < 4.78 is 0. The van der Waals surface area contributed by atoms with Crippen molar-refractivity contribution < 1.29 is 14.4 Å². The summed E-state index contributed by atoms with van der Waals surface area (Å²) in [5.41, 5.74) is -0.0336. The predicted molar refractivity (Wildman–Crippen MR) is 93.6 cm³/mol. The van der Waals surface area contributed by atoms with Gasteiger partial charge in [-0.25, -0.2) is 0 Å². The van der Waals surface area contributed by atoms with Crippen molar-refractivity contribution in [1.29, 1.82) is 5.26 Å². The van der Waals surface area contributed by atoms with E-state index in [2.05, 4.69) is 20.9 Å². The van der Waals surface area contributed by atoms with Crippen LogP contribution >= 0.6 is 11.8 Å². The van der Waals surface area contributed by atoms with Crippen LogP contribution in [0.4, 0.5) is 4.79 Å². The number of nitriles is 1. The van der Waals surface area contributed by atoms with Gasteiger partial charge in [0, 0.05) is 58.6 Å². The smallest absolute Gasteiger partial charge is 0.288 e. The molecule has 136 valence electrons. The maximum Gasteiger partial charge on any atom is 0.288 e. The Morgan fingerprint density at radius 3 is 2.68 bits per heavy atom. The molecule has 0 aromatic carbocycles. The second-order valence-corrected chi connectivity index (χ2v) is 6.50. The Labute approximate surface area is 150 Å². The number of rotatable bonds is 8. The van der Waals surface area contributed by atoms with Crippen molar-refractivity contribution in [2.75, 3.05) is 58.1 Å². The Balaban J connectivity index is 1.67. The van der Waals surface area contributed by atoms with Crippen LogP contribution in [0.15, 0.2) is 11.8 Å². The first-order valence-corrected chi connectivity index (χ1v) is 9.12. The molecule has 2 saturated heterocycles. The Bertz CT molecular complexity index is 566. The Hall–Kier alpha value is -2.09. The van der Waals surface area contributed by atoms with E-state index in [0.29, 0.717) is 6.54 Å². The van der Waals surface area contributed by atoms with Crippen molar-refractivity contribution in [3.8, 4) is 6.07 Å². The number of hydrogen-bond acceptors (Lipinski definition) is 8. The normalized spacial score (nSPS) is 19.0. The molecule has 25 heavy (non-hydrogen) atoms. The summed E-state index contributed by atoms with van der Waals surface area (Å²) in [6.45, 7) is 5.52. The van der Waals surface area contributed by atoms with Gasteiger partial charge in [-0.2, -0.15) is 5.26 Å². The quantitative estimate of drug-likeness (QED) is 0.276. The van der Waals surface area contributed by atoms with Gasteiger partial charge in [-0.1, -0.05) is 11.8 Å². The molecule has 3 amide bonds. The molecule has 2 rings (SSSR count). The Morgan fingerprint density at radius 1 is 1.28 bits per heavy atom. The first kappa shape index (κ1) is 19.2.